The van der Waals surface area contributed by atoms with E-state index >= 15 is 0 Å². The Bertz CT molecular complexity index is 991. The van der Waals surface area contributed by atoms with Crippen LogP contribution in [0, 0.1) is 11.8 Å². The molecule has 0 heterocycles. The number of carbonyl (C=O) groups excluding carboxylic acids is 2. The van der Waals surface area contributed by atoms with Crippen molar-refractivity contribution in [2.45, 2.75) is 44.6 Å². The molecule has 3 unspecified atom stereocenters. The molecule has 2 aliphatic rings. The van der Waals surface area contributed by atoms with E-state index < -0.39 is 18.0 Å². The molecule has 7 nitrogen and oxygen atoms in total. The average Bonchev–Trinajstić information content (AvgIpc) is 3.40. The Hall–Kier alpha value is -3.35. The molecule has 2 aromatic rings. The summed E-state index contributed by atoms with van der Waals surface area (Å²) >= 11 is 0. The molecule has 0 saturated heterocycles. The van der Waals surface area contributed by atoms with Crippen molar-refractivity contribution in [1.29, 1.82) is 0 Å². The fourth-order valence-corrected chi connectivity index (χ4v) is 5.00. The second kappa shape index (κ2) is 10.1. The Morgan fingerprint density at radius 1 is 1.03 bits per heavy atom. The molecule has 0 spiro atoms. The number of carbonyl (C=O) groups is 3. The second-order valence-electron chi connectivity index (χ2n) is 8.80. The summed E-state index contributed by atoms with van der Waals surface area (Å²) in [5.41, 5.74) is 4.63. The lowest BCUT2D eigenvalue weighted by Crippen LogP contribution is -2.45. The number of rotatable bonds is 8. The van der Waals surface area contributed by atoms with Crippen LogP contribution in [-0.2, 0) is 14.3 Å². The predicted molar refractivity (Wildman–Crippen MR) is 124 cm³/mol. The first-order valence-corrected chi connectivity index (χ1v) is 11.6. The highest BCUT2D eigenvalue weighted by atomic mass is 16.5. The average molecular weight is 451 g/mol. The number of benzene rings is 2. The fourth-order valence-electron chi connectivity index (χ4n) is 5.00. The van der Waals surface area contributed by atoms with Crippen LogP contribution in [0.15, 0.2) is 48.5 Å². The fraction of sp³-hybridized carbons (Fsp3) is 0.423. The maximum Gasteiger partial charge on any atom is 0.407 e. The normalized spacial score (nSPS) is 19.9. The van der Waals surface area contributed by atoms with Crippen LogP contribution in [0.5, 0.6) is 0 Å². The largest absolute Gasteiger partial charge is 0.481 e. The molecule has 0 bridgehead atoms. The van der Waals surface area contributed by atoms with E-state index in [4.69, 9.17) is 9.84 Å². The maximum atomic E-state index is 12.6. The first-order chi connectivity index (χ1) is 16.0. The van der Waals surface area contributed by atoms with Gasteiger partial charge in [0.1, 0.15) is 6.61 Å². The van der Waals surface area contributed by atoms with Crippen LogP contribution in [0.1, 0.15) is 49.7 Å². The minimum absolute atomic E-state index is 0.0205. The first kappa shape index (κ1) is 22.8. The van der Waals surface area contributed by atoms with Crippen LogP contribution in [0.4, 0.5) is 4.79 Å². The Labute approximate surface area is 193 Å². The number of hydrogen-bond acceptors (Lipinski definition) is 4. The van der Waals surface area contributed by atoms with E-state index in [1.165, 1.54) is 11.1 Å². The van der Waals surface area contributed by atoms with Crippen LogP contribution in [0.25, 0.3) is 11.1 Å². The molecule has 2 aliphatic carbocycles. The van der Waals surface area contributed by atoms with Crippen LogP contribution < -0.4 is 10.6 Å². The zero-order valence-electron chi connectivity index (χ0n) is 18.8. The third kappa shape index (κ3) is 4.87. The van der Waals surface area contributed by atoms with Gasteiger partial charge in [0.25, 0.3) is 0 Å². The van der Waals surface area contributed by atoms with Gasteiger partial charge in [0.15, 0.2) is 0 Å². The van der Waals surface area contributed by atoms with Gasteiger partial charge in [-0.2, -0.15) is 0 Å². The first-order valence-electron chi connectivity index (χ1n) is 11.6. The SMILES string of the molecule is CCC(CNC(=O)C1CCCC1NC(=O)OCC1c2ccccc2-c2ccccc21)C(=O)O. The van der Waals surface area contributed by atoms with E-state index in [2.05, 4.69) is 34.9 Å². The quantitative estimate of drug-likeness (QED) is 0.565. The molecule has 174 valence electrons. The lowest BCUT2D eigenvalue weighted by Gasteiger charge is -2.22. The highest BCUT2D eigenvalue weighted by Gasteiger charge is 2.35. The van der Waals surface area contributed by atoms with E-state index in [0.29, 0.717) is 19.3 Å². The van der Waals surface area contributed by atoms with Gasteiger partial charge in [-0.25, -0.2) is 4.79 Å². The van der Waals surface area contributed by atoms with Crippen molar-refractivity contribution >= 4 is 18.0 Å². The highest BCUT2D eigenvalue weighted by molar-refractivity contribution is 5.82. The molecule has 3 N–H and O–H groups in total. The molecule has 4 rings (SSSR count). The van der Waals surface area contributed by atoms with Gasteiger partial charge in [0, 0.05) is 18.5 Å². The molecule has 1 fully saturated rings. The predicted octanol–water partition coefficient (Wildman–Crippen LogP) is 3.92. The van der Waals surface area contributed by atoms with Gasteiger partial charge in [0.2, 0.25) is 5.91 Å². The maximum absolute atomic E-state index is 12.6. The number of alkyl carbamates (subject to hydrolysis) is 1. The van der Waals surface area contributed by atoms with Gasteiger partial charge in [-0.1, -0.05) is 61.9 Å². The van der Waals surface area contributed by atoms with Gasteiger partial charge in [-0.3, -0.25) is 9.59 Å². The molecule has 1 saturated carbocycles. The molecular weight excluding hydrogens is 420 g/mol. The summed E-state index contributed by atoms with van der Waals surface area (Å²) < 4.78 is 5.62. The number of nitrogens with one attached hydrogen (secondary N) is 2. The van der Waals surface area contributed by atoms with Crippen molar-refractivity contribution in [3.63, 3.8) is 0 Å². The van der Waals surface area contributed by atoms with Crippen LogP contribution in [-0.4, -0.2) is 42.3 Å². The topological polar surface area (TPSA) is 105 Å². The molecule has 0 aliphatic heterocycles. The smallest absolute Gasteiger partial charge is 0.407 e. The van der Waals surface area contributed by atoms with Crippen molar-refractivity contribution in [1.82, 2.24) is 10.6 Å². The van der Waals surface area contributed by atoms with Gasteiger partial charge in [-0.15, -0.1) is 0 Å². The Balaban J connectivity index is 1.33. The van der Waals surface area contributed by atoms with Crippen LogP contribution in [0.3, 0.4) is 0 Å². The summed E-state index contributed by atoms with van der Waals surface area (Å²) in [5, 5.41) is 14.8. The number of aliphatic carboxylic acids is 1. The number of carboxylic acid groups (broad SMARTS) is 1. The minimum Gasteiger partial charge on any atom is -0.481 e. The van der Waals surface area contributed by atoms with Gasteiger partial charge >= 0.3 is 12.1 Å². The summed E-state index contributed by atoms with van der Waals surface area (Å²) in [6.45, 7) is 2.10. The molecular formula is C26H30N2O5. The number of carboxylic acids is 1. The molecule has 7 heteroatoms. The summed E-state index contributed by atoms with van der Waals surface area (Å²) in [6, 6.07) is 16.0. The van der Waals surface area contributed by atoms with Crippen molar-refractivity contribution in [3.05, 3.63) is 59.7 Å². The zero-order chi connectivity index (χ0) is 23.4. The van der Waals surface area contributed by atoms with E-state index in [1.54, 1.807) is 6.92 Å². The Morgan fingerprint density at radius 2 is 1.67 bits per heavy atom. The molecule has 2 aromatic carbocycles. The molecule has 2 amide bonds. The summed E-state index contributed by atoms with van der Waals surface area (Å²) in [6.07, 6.45) is 2.09. The Kier molecular flexibility index (Phi) is 6.96. The number of fused-ring (bicyclic) bond motifs is 3. The van der Waals surface area contributed by atoms with E-state index in [0.717, 1.165) is 17.5 Å². The molecule has 33 heavy (non-hydrogen) atoms. The summed E-state index contributed by atoms with van der Waals surface area (Å²) in [5.74, 6) is -2.14. The number of amides is 2. The third-order valence-electron chi connectivity index (χ3n) is 6.86. The zero-order valence-corrected chi connectivity index (χ0v) is 18.8. The standard InChI is InChI=1S/C26H30N2O5/c1-2-16(25(30)31)14-27-24(29)21-12-7-13-23(21)28-26(32)33-15-22-19-10-5-3-8-17(19)18-9-4-6-11-20(18)22/h3-6,8-11,16,21-23H,2,7,12-15H2,1H3,(H,27,29)(H,28,32)(H,30,31). The molecule has 3 atom stereocenters. The summed E-state index contributed by atoms with van der Waals surface area (Å²) in [7, 11) is 0. The van der Waals surface area contributed by atoms with E-state index in [9.17, 15) is 14.4 Å². The van der Waals surface area contributed by atoms with Crippen molar-refractivity contribution in [3.8, 4) is 11.1 Å². The third-order valence-corrected chi connectivity index (χ3v) is 6.86. The van der Waals surface area contributed by atoms with E-state index in [-0.39, 0.29) is 36.9 Å². The van der Waals surface area contributed by atoms with Crippen molar-refractivity contribution < 1.29 is 24.2 Å². The van der Waals surface area contributed by atoms with E-state index in [1.807, 2.05) is 24.3 Å². The van der Waals surface area contributed by atoms with Gasteiger partial charge < -0.3 is 20.5 Å². The van der Waals surface area contributed by atoms with Crippen molar-refractivity contribution in [2.75, 3.05) is 13.2 Å². The van der Waals surface area contributed by atoms with Crippen LogP contribution >= 0.6 is 0 Å². The Morgan fingerprint density at radius 3 is 2.27 bits per heavy atom. The minimum atomic E-state index is -0.919. The van der Waals surface area contributed by atoms with Crippen molar-refractivity contribution in [2.24, 2.45) is 11.8 Å². The lowest BCUT2D eigenvalue weighted by molar-refractivity contribution is -0.141. The van der Waals surface area contributed by atoms with Gasteiger partial charge in [0.05, 0.1) is 11.8 Å². The van der Waals surface area contributed by atoms with Gasteiger partial charge in [-0.05, 0) is 41.5 Å². The van der Waals surface area contributed by atoms with Crippen LogP contribution in [0.2, 0.25) is 0 Å². The lowest BCUT2D eigenvalue weighted by atomic mass is 9.98. The monoisotopic (exact) mass is 450 g/mol. The summed E-state index contributed by atoms with van der Waals surface area (Å²) in [4.78, 5) is 36.4. The highest BCUT2D eigenvalue weighted by Crippen LogP contribution is 2.44. The molecule has 0 aromatic heterocycles. The molecule has 0 radical (unpaired) electrons. The number of hydrogen-bond donors (Lipinski definition) is 3. The number of ether oxygens (including phenoxy) is 1. The second-order valence-corrected chi connectivity index (χ2v) is 8.80.